The van der Waals surface area contributed by atoms with Gasteiger partial charge in [0.1, 0.15) is 6.10 Å². The van der Waals surface area contributed by atoms with Gasteiger partial charge >= 0.3 is 5.97 Å². The first-order valence-electron chi connectivity index (χ1n) is 12.9. The predicted octanol–water partition coefficient (Wildman–Crippen LogP) is 5.23. The summed E-state index contributed by atoms with van der Waals surface area (Å²) in [4.78, 5) is 14.8. The van der Waals surface area contributed by atoms with Crippen LogP contribution in [0.4, 0.5) is 5.69 Å². The summed E-state index contributed by atoms with van der Waals surface area (Å²) in [5.74, 6) is 0.242. The van der Waals surface area contributed by atoms with Crippen molar-refractivity contribution in [1.29, 1.82) is 0 Å². The van der Waals surface area contributed by atoms with E-state index in [2.05, 4.69) is 85.6 Å². The van der Waals surface area contributed by atoms with Gasteiger partial charge < -0.3 is 20.7 Å². The average Bonchev–Trinajstić information content (AvgIpc) is 3.31. The standard InChI is InChI=1S/C30H39N3O2/c1-21(2)17-27(19-31)35-30(34)18-23-11-13-26(14-12-23)33-16-15-25(20-33)32-22(3)28-10-6-8-24-7-4-5-9-29(24)28/h4-14,21-22,25,27,32H,15-20,31H2,1-3H3/t22-,25+,27?/m1/s1. The van der Waals surface area contributed by atoms with Crippen molar-refractivity contribution in [1.82, 2.24) is 5.32 Å². The fraction of sp³-hybridized carbons (Fsp3) is 0.433. The first-order valence-corrected chi connectivity index (χ1v) is 12.9. The molecular weight excluding hydrogens is 434 g/mol. The Kier molecular flexibility index (Phi) is 8.42. The number of carbonyl (C=O) groups excluding carboxylic acids is 1. The minimum atomic E-state index is -0.207. The van der Waals surface area contributed by atoms with E-state index in [1.807, 2.05) is 12.1 Å². The third-order valence-corrected chi connectivity index (χ3v) is 6.91. The lowest BCUT2D eigenvalue weighted by atomic mass is 9.99. The molecule has 5 heteroatoms. The zero-order valence-electron chi connectivity index (χ0n) is 21.2. The first kappa shape index (κ1) is 25.2. The molecule has 4 rings (SSSR count). The summed E-state index contributed by atoms with van der Waals surface area (Å²) in [6.07, 6.45) is 1.98. The highest BCUT2D eigenvalue weighted by Crippen LogP contribution is 2.27. The lowest BCUT2D eigenvalue weighted by Crippen LogP contribution is -2.34. The van der Waals surface area contributed by atoms with Crippen LogP contribution in [0.25, 0.3) is 10.8 Å². The second-order valence-electron chi connectivity index (χ2n) is 10.2. The maximum atomic E-state index is 12.4. The predicted molar refractivity (Wildman–Crippen MR) is 145 cm³/mol. The normalized spacial score (nSPS) is 17.6. The largest absolute Gasteiger partial charge is 0.461 e. The first-order chi connectivity index (χ1) is 16.9. The molecule has 1 fully saturated rings. The topological polar surface area (TPSA) is 67.6 Å². The van der Waals surface area contributed by atoms with Gasteiger partial charge in [0.05, 0.1) is 6.42 Å². The van der Waals surface area contributed by atoms with Gasteiger partial charge in [-0.1, -0.05) is 68.4 Å². The molecule has 3 N–H and O–H groups in total. The molecular formula is C30H39N3O2. The number of nitrogens with one attached hydrogen (secondary N) is 1. The molecule has 1 saturated heterocycles. The molecule has 0 spiro atoms. The minimum Gasteiger partial charge on any atom is -0.461 e. The van der Waals surface area contributed by atoms with Crippen molar-refractivity contribution in [3.63, 3.8) is 0 Å². The second kappa shape index (κ2) is 11.7. The Morgan fingerprint density at radius 3 is 2.54 bits per heavy atom. The van der Waals surface area contributed by atoms with E-state index in [0.717, 1.165) is 31.5 Å². The molecule has 1 unspecified atom stereocenters. The van der Waals surface area contributed by atoms with Gasteiger partial charge in [0.2, 0.25) is 0 Å². The molecule has 0 amide bonds. The van der Waals surface area contributed by atoms with Crippen molar-refractivity contribution < 1.29 is 9.53 Å². The molecule has 5 nitrogen and oxygen atoms in total. The van der Waals surface area contributed by atoms with Crippen LogP contribution in [0.2, 0.25) is 0 Å². The Hall–Kier alpha value is -2.89. The zero-order chi connectivity index (χ0) is 24.8. The van der Waals surface area contributed by atoms with E-state index in [-0.39, 0.29) is 24.5 Å². The molecule has 1 aliphatic rings. The van der Waals surface area contributed by atoms with Gasteiger partial charge in [-0.3, -0.25) is 4.79 Å². The average molecular weight is 474 g/mol. The fourth-order valence-electron chi connectivity index (χ4n) is 5.14. The van der Waals surface area contributed by atoms with Crippen LogP contribution in [0, 0.1) is 5.92 Å². The lowest BCUT2D eigenvalue weighted by molar-refractivity contribution is -0.148. The zero-order valence-corrected chi connectivity index (χ0v) is 21.2. The van der Waals surface area contributed by atoms with Gasteiger partial charge in [0.15, 0.2) is 0 Å². The van der Waals surface area contributed by atoms with Gasteiger partial charge in [-0.2, -0.15) is 0 Å². The monoisotopic (exact) mass is 473 g/mol. The Bertz CT molecular complexity index is 1110. The SMILES string of the molecule is CC(C)CC(CN)OC(=O)Cc1ccc(N2CC[C@H](N[C@H](C)c3cccc4ccccc34)C2)cc1. The molecule has 3 aromatic rings. The Morgan fingerprint density at radius 2 is 1.80 bits per heavy atom. The summed E-state index contributed by atoms with van der Waals surface area (Å²) in [5, 5.41) is 6.46. The Morgan fingerprint density at radius 1 is 1.06 bits per heavy atom. The second-order valence-corrected chi connectivity index (χ2v) is 10.2. The maximum absolute atomic E-state index is 12.4. The highest BCUT2D eigenvalue weighted by atomic mass is 16.5. The van der Waals surface area contributed by atoms with Crippen molar-refractivity contribution in [2.45, 2.75) is 58.2 Å². The third kappa shape index (κ3) is 6.62. The minimum absolute atomic E-state index is 0.202. The van der Waals surface area contributed by atoms with E-state index in [1.54, 1.807) is 0 Å². The van der Waals surface area contributed by atoms with Gasteiger partial charge in [-0.25, -0.2) is 0 Å². The van der Waals surface area contributed by atoms with E-state index in [1.165, 1.54) is 22.0 Å². The van der Waals surface area contributed by atoms with Crippen LogP contribution in [0.15, 0.2) is 66.7 Å². The molecule has 0 bridgehead atoms. The number of hydrogen-bond acceptors (Lipinski definition) is 5. The van der Waals surface area contributed by atoms with Crippen LogP contribution >= 0.6 is 0 Å². The van der Waals surface area contributed by atoms with Crippen LogP contribution in [0.5, 0.6) is 0 Å². The number of hydrogen-bond donors (Lipinski definition) is 2. The highest BCUT2D eigenvalue weighted by Gasteiger charge is 2.25. The summed E-state index contributed by atoms with van der Waals surface area (Å²) >= 11 is 0. The number of carbonyl (C=O) groups is 1. The molecule has 3 atom stereocenters. The molecule has 1 aliphatic heterocycles. The van der Waals surface area contributed by atoms with Crippen molar-refractivity contribution in [2.75, 3.05) is 24.5 Å². The molecule has 186 valence electrons. The van der Waals surface area contributed by atoms with E-state index in [0.29, 0.717) is 18.5 Å². The number of anilines is 1. The molecule has 0 saturated carbocycles. The molecule has 1 heterocycles. The number of rotatable bonds is 10. The summed E-state index contributed by atoms with van der Waals surface area (Å²) in [5.41, 5.74) is 9.28. The highest BCUT2D eigenvalue weighted by molar-refractivity contribution is 5.86. The van der Waals surface area contributed by atoms with E-state index >= 15 is 0 Å². The number of fused-ring (bicyclic) bond motifs is 1. The van der Waals surface area contributed by atoms with Crippen LogP contribution in [-0.2, 0) is 16.0 Å². The van der Waals surface area contributed by atoms with Crippen LogP contribution in [0.1, 0.15) is 50.8 Å². The number of benzene rings is 3. The summed E-state index contributed by atoms with van der Waals surface area (Å²) < 4.78 is 5.58. The van der Waals surface area contributed by atoms with Crippen LogP contribution in [-0.4, -0.2) is 37.7 Å². The van der Waals surface area contributed by atoms with Crippen molar-refractivity contribution in [3.8, 4) is 0 Å². The lowest BCUT2D eigenvalue weighted by Gasteiger charge is -2.23. The van der Waals surface area contributed by atoms with Crippen molar-refractivity contribution >= 4 is 22.4 Å². The molecule has 0 radical (unpaired) electrons. The molecule has 3 aromatic carbocycles. The quantitative estimate of drug-likeness (QED) is 0.395. The third-order valence-electron chi connectivity index (χ3n) is 6.91. The van der Waals surface area contributed by atoms with E-state index in [9.17, 15) is 4.79 Å². The maximum Gasteiger partial charge on any atom is 0.310 e. The number of esters is 1. The number of nitrogens with zero attached hydrogens (tertiary/aromatic N) is 1. The molecule has 0 aliphatic carbocycles. The van der Waals surface area contributed by atoms with Crippen LogP contribution in [0.3, 0.4) is 0 Å². The number of nitrogens with two attached hydrogens (primary N) is 1. The number of ether oxygens (including phenoxy) is 1. The fourth-order valence-corrected chi connectivity index (χ4v) is 5.14. The van der Waals surface area contributed by atoms with E-state index < -0.39 is 0 Å². The van der Waals surface area contributed by atoms with Gasteiger partial charge in [0, 0.05) is 37.4 Å². The smallest absolute Gasteiger partial charge is 0.310 e. The van der Waals surface area contributed by atoms with Gasteiger partial charge in [0.25, 0.3) is 0 Å². The van der Waals surface area contributed by atoms with Crippen LogP contribution < -0.4 is 16.0 Å². The Labute approximate surface area is 209 Å². The van der Waals surface area contributed by atoms with Crippen molar-refractivity contribution in [2.24, 2.45) is 11.7 Å². The van der Waals surface area contributed by atoms with Gasteiger partial charge in [-0.05, 0) is 59.7 Å². The molecule has 35 heavy (non-hydrogen) atoms. The summed E-state index contributed by atoms with van der Waals surface area (Å²) in [6.45, 7) is 8.84. The summed E-state index contributed by atoms with van der Waals surface area (Å²) in [7, 11) is 0. The van der Waals surface area contributed by atoms with Gasteiger partial charge in [-0.15, -0.1) is 0 Å². The van der Waals surface area contributed by atoms with E-state index in [4.69, 9.17) is 10.5 Å². The van der Waals surface area contributed by atoms with Crippen molar-refractivity contribution in [3.05, 3.63) is 77.9 Å². The Balaban J connectivity index is 1.30. The summed E-state index contributed by atoms with van der Waals surface area (Å²) in [6, 6.07) is 24.2. The molecule has 0 aromatic heterocycles.